The van der Waals surface area contributed by atoms with Crippen molar-refractivity contribution in [1.82, 2.24) is 0 Å². The molecule has 0 aromatic heterocycles. The van der Waals surface area contributed by atoms with Crippen molar-refractivity contribution in [3.63, 3.8) is 0 Å². The number of aryl methyl sites for hydroxylation is 2. The normalized spacial score (nSPS) is 11.6. The Kier molecular flexibility index (Phi) is 6.17. The van der Waals surface area contributed by atoms with Crippen LogP contribution in [0.15, 0.2) is 42.5 Å². The third-order valence-electron chi connectivity index (χ3n) is 3.93. The number of benzene rings is 2. The zero-order chi connectivity index (χ0) is 18.4. The highest BCUT2D eigenvalue weighted by molar-refractivity contribution is 5.93. The molecule has 2 N–H and O–H groups in total. The van der Waals surface area contributed by atoms with E-state index < -0.39 is 12.6 Å². The van der Waals surface area contributed by atoms with Crippen molar-refractivity contribution >= 4 is 17.6 Å². The highest BCUT2D eigenvalue weighted by atomic mass is 16.5. The number of hydrogen-bond donors (Lipinski definition) is 2. The van der Waals surface area contributed by atoms with Crippen LogP contribution in [-0.2, 0) is 16.0 Å². The van der Waals surface area contributed by atoms with Gasteiger partial charge in [0.05, 0.1) is 0 Å². The first-order valence-corrected chi connectivity index (χ1v) is 8.17. The van der Waals surface area contributed by atoms with Gasteiger partial charge >= 0.3 is 5.97 Å². The highest BCUT2D eigenvalue weighted by Gasteiger charge is 2.15. The lowest BCUT2D eigenvalue weighted by Crippen LogP contribution is -2.22. The highest BCUT2D eigenvalue weighted by Crippen LogP contribution is 2.22. The lowest BCUT2D eigenvalue weighted by molar-refractivity contribution is -0.139. The molecule has 1 amide bonds. The van der Waals surface area contributed by atoms with Gasteiger partial charge < -0.3 is 15.2 Å². The molecule has 132 valence electrons. The number of hydrogen-bond acceptors (Lipinski definition) is 3. The monoisotopic (exact) mass is 341 g/mol. The summed E-state index contributed by atoms with van der Waals surface area (Å²) in [5.74, 6) is -0.779. The first kappa shape index (κ1) is 18.5. The fourth-order valence-corrected chi connectivity index (χ4v) is 2.44. The van der Waals surface area contributed by atoms with E-state index in [1.165, 1.54) is 5.56 Å². The maximum absolute atomic E-state index is 12.4. The van der Waals surface area contributed by atoms with Crippen LogP contribution in [0.5, 0.6) is 5.75 Å². The number of carboxylic acids is 1. The molecular weight excluding hydrogens is 318 g/mol. The topological polar surface area (TPSA) is 75.6 Å². The number of ether oxygens (including phenoxy) is 1. The first-order valence-electron chi connectivity index (χ1n) is 8.17. The molecule has 0 spiro atoms. The Balaban J connectivity index is 1.96. The molecule has 0 aliphatic carbocycles. The number of carboxylic acid groups (broad SMARTS) is 1. The smallest absolute Gasteiger partial charge is 0.341 e. The molecule has 2 rings (SSSR count). The van der Waals surface area contributed by atoms with Gasteiger partial charge in [-0.3, -0.25) is 4.79 Å². The lowest BCUT2D eigenvalue weighted by Gasteiger charge is -2.15. The second-order valence-electron chi connectivity index (χ2n) is 6.24. The standard InChI is InChI=1S/C20H23NO4/c1-13-4-6-16(7-5-13)10-15(3)20(24)21-18-9-8-17(11-14(18)2)25-12-19(22)23/h4-9,11,15H,10,12H2,1-3H3,(H,21,24)(H,22,23). The van der Waals surface area contributed by atoms with Crippen LogP contribution in [0.4, 0.5) is 5.69 Å². The minimum absolute atomic E-state index is 0.0529. The van der Waals surface area contributed by atoms with Crippen LogP contribution < -0.4 is 10.1 Å². The summed E-state index contributed by atoms with van der Waals surface area (Å²) in [4.78, 5) is 22.9. The van der Waals surface area contributed by atoms with Gasteiger partial charge in [-0.1, -0.05) is 36.8 Å². The van der Waals surface area contributed by atoms with Crippen LogP contribution in [-0.4, -0.2) is 23.6 Å². The molecule has 0 heterocycles. The summed E-state index contributed by atoms with van der Waals surface area (Å²) < 4.78 is 5.13. The first-order chi connectivity index (χ1) is 11.8. The van der Waals surface area contributed by atoms with Crippen molar-refractivity contribution in [3.8, 4) is 5.75 Å². The Morgan fingerprint density at radius 3 is 2.40 bits per heavy atom. The molecule has 0 fully saturated rings. The molecule has 25 heavy (non-hydrogen) atoms. The molecule has 0 aliphatic heterocycles. The molecule has 0 aliphatic rings. The van der Waals surface area contributed by atoms with Crippen molar-refractivity contribution in [2.75, 3.05) is 11.9 Å². The van der Waals surface area contributed by atoms with Crippen molar-refractivity contribution in [1.29, 1.82) is 0 Å². The van der Waals surface area contributed by atoms with Gasteiger partial charge in [-0.25, -0.2) is 4.79 Å². The average molecular weight is 341 g/mol. The van der Waals surface area contributed by atoms with Crippen molar-refractivity contribution < 1.29 is 19.4 Å². The van der Waals surface area contributed by atoms with Crippen LogP contribution >= 0.6 is 0 Å². The largest absolute Gasteiger partial charge is 0.482 e. The van der Waals surface area contributed by atoms with Gasteiger partial charge in [-0.2, -0.15) is 0 Å². The number of anilines is 1. The summed E-state index contributed by atoms with van der Waals surface area (Å²) >= 11 is 0. The molecule has 0 saturated carbocycles. The fraction of sp³-hybridized carbons (Fsp3) is 0.300. The number of carbonyl (C=O) groups is 2. The third-order valence-corrected chi connectivity index (χ3v) is 3.93. The number of aliphatic carboxylic acids is 1. The summed E-state index contributed by atoms with van der Waals surface area (Å²) in [5.41, 5.74) is 3.84. The van der Waals surface area contributed by atoms with E-state index in [-0.39, 0.29) is 11.8 Å². The van der Waals surface area contributed by atoms with E-state index in [9.17, 15) is 9.59 Å². The summed E-state index contributed by atoms with van der Waals surface area (Å²) in [7, 11) is 0. The van der Waals surface area contributed by atoms with Crippen LogP contribution in [0.25, 0.3) is 0 Å². The van der Waals surface area contributed by atoms with E-state index in [0.29, 0.717) is 17.9 Å². The minimum atomic E-state index is -1.03. The molecule has 0 saturated heterocycles. The van der Waals surface area contributed by atoms with E-state index in [2.05, 4.69) is 5.32 Å². The second kappa shape index (κ2) is 8.33. The van der Waals surface area contributed by atoms with Crippen LogP contribution in [0.1, 0.15) is 23.6 Å². The number of nitrogens with one attached hydrogen (secondary N) is 1. The quantitative estimate of drug-likeness (QED) is 0.807. The zero-order valence-electron chi connectivity index (χ0n) is 14.7. The molecular formula is C20H23NO4. The average Bonchev–Trinajstić information content (AvgIpc) is 2.57. The van der Waals surface area contributed by atoms with Crippen molar-refractivity contribution in [3.05, 3.63) is 59.2 Å². The Morgan fingerprint density at radius 1 is 1.12 bits per heavy atom. The van der Waals surface area contributed by atoms with E-state index in [1.54, 1.807) is 18.2 Å². The van der Waals surface area contributed by atoms with Gasteiger partial charge in [0.25, 0.3) is 0 Å². The maximum Gasteiger partial charge on any atom is 0.341 e. The Morgan fingerprint density at radius 2 is 1.80 bits per heavy atom. The summed E-state index contributed by atoms with van der Waals surface area (Å²) in [6, 6.07) is 13.3. The summed E-state index contributed by atoms with van der Waals surface area (Å²) in [5, 5.41) is 11.6. The van der Waals surface area contributed by atoms with Gasteiger partial charge in [0.15, 0.2) is 6.61 Å². The molecule has 5 heteroatoms. The number of amides is 1. The SMILES string of the molecule is Cc1ccc(CC(C)C(=O)Nc2ccc(OCC(=O)O)cc2C)cc1. The molecule has 0 radical (unpaired) electrons. The predicted octanol–water partition coefficient (Wildman–Crippen LogP) is 3.58. The van der Waals surface area contributed by atoms with Gasteiger partial charge in [0.1, 0.15) is 5.75 Å². The van der Waals surface area contributed by atoms with Gasteiger partial charge in [-0.05, 0) is 49.6 Å². The molecule has 0 bridgehead atoms. The van der Waals surface area contributed by atoms with E-state index in [0.717, 1.165) is 11.1 Å². The second-order valence-corrected chi connectivity index (χ2v) is 6.24. The van der Waals surface area contributed by atoms with E-state index in [4.69, 9.17) is 9.84 Å². The zero-order valence-corrected chi connectivity index (χ0v) is 14.7. The fourth-order valence-electron chi connectivity index (χ4n) is 2.44. The minimum Gasteiger partial charge on any atom is -0.482 e. The van der Waals surface area contributed by atoms with Gasteiger partial charge in [0, 0.05) is 11.6 Å². The number of carbonyl (C=O) groups excluding carboxylic acids is 1. The Bertz CT molecular complexity index is 753. The van der Waals surface area contributed by atoms with E-state index >= 15 is 0 Å². The van der Waals surface area contributed by atoms with Crippen molar-refractivity contribution in [2.45, 2.75) is 27.2 Å². The van der Waals surface area contributed by atoms with Crippen LogP contribution in [0.2, 0.25) is 0 Å². The lowest BCUT2D eigenvalue weighted by atomic mass is 9.99. The van der Waals surface area contributed by atoms with Crippen LogP contribution in [0, 0.1) is 19.8 Å². The van der Waals surface area contributed by atoms with E-state index in [1.807, 2.05) is 45.0 Å². The molecule has 1 unspecified atom stereocenters. The summed E-state index contributed by atoms with van der Waals surface area (Å²) in [6.07, 6.45) is 0.672. The third kappa shape index (κ3) is 5.64. The Hall–Kier alpha value is -2.82. The summed E-state index contributed by atoms with van der Waals surface area (Å²) in [6.45, 7) is 5.38. The molecule has 2 aromatic rings. The van der Waals surface area contributed by atoms with Gasteiger partial charge in [0.2, 0.25) is 5.91 Å². The van der Waals surface area contributed by atoms with Crippen LogP contribution in [0.3, 0.4) is 0 Å². The maximum atomic E-state index is 12.4. The van der Waals surface area contributed by atoms with Gasteiger partial charge in [-0.15, -0.1) is 0 Å². The predicted molar refractivity (Wildman–Crippen MR) is 97.0 cm³/mol. The Labute approximate surface area is 147 Å². The molecule has 5 nitrogen and oxygen atoms in total. The molecule has 2 aromatic carbocycles. The number of rotatable bonds is 7. The van der Waals surface area contributed by atoms with Crippen molar-refractivity contribution in [2.24, 2.45) is 5.92 Å². The molecule has 1 atom stereocenters.